The molecule has 0 aromatic heterocycles. The Bertz CT molecular complexity index is 464. The Morgan fingerprint density at radius 1 is 1.29 bits per heavy atom. The predicted molar refractivity (Wildman–Crippen MR) is 74.0 cm³/mol. The molecule has 1 atom stereocenters. The number of nitrogens with one attached hydrogen (secondary N) is 1. The summed E-state index contributed by atoms with van der Waals surface area (Å²) in [5, 5.41) is 0.585. The lowest BCUT2D eigenvalue weighted by atomic mass is 10.0. The van der Waals surface area contributed by atoms with E-state index < -0.39 is 15.6 Å². The maximum absolute atomic E-state index is 12.1. The molecule has 5 heteroatoms. The monoisotopic (exact) mass is 319 g/mol. The molecule has 3 nitrogen and oxygen atoms in total. The summed E-state index contributed by atoms with van der Waals surface area (Å²) < 4.78 is 27.0. The molecule has 0 aliphatic carbocycles. The van der Waals surface area contributed by atoms with Gasteiger partial charge in [0, 0.05) is 10.9 Å². The number of rotatable bonds is 5. The third kappa shape index (κ3) is 3.79. The molecule has 0 heterocycles. The van der Waals surface area contributed by atoms with Crippen LogP contribution >= 0.6 is 15.9 Å². The van der Waals surface area contributed by atoms with Gasteiger partial charge in [0.05, 0.1) is 4.90 Å². The van der Waals surface area contributed by atoms with E-state index in [9.17, 15) is 8.42 Å². The van der Waals surface area contributed by atoms with Gasteiger partial charge in [0.1, 0.15) is 0 Å². The third-order valence-electron chi connectivity index (χ3n) is 2.79. The minimum Gasteiger partial charge on any atom is -0.207 e. The van der Waals surface area contributed by atoms with E-state index in [2.05, 4.69) is 20.7 Å². The first kappa shape index (κ1) is 14.7. The zero-order valence-corrected chi connectivity index (χ0v) is 12.7. The van der Waals surface area contributed by atoms with Crippen LogP contribution in [0.15, 0.2) is 29.2 Å². The fraction of sp³-hybridized carbons (Fsp3) is 0.500. The van der Waals surface area contributed by atoms with Crippen LogP contribution in [0.25, 0.3) is 0 Å². The molecule has 0 aliphatic rings. The maximum Gasteiger partial charge on any atom is 0.241 e. The first-order chi connectivity index (χ1) is 7.83. The first-order valence-corrected chi connectivity index (χ1v) is 8.10. The largest absolute Gasteiger partial charge is 0.241 e. The minimum absolute atomic E-state index is 0.309. The van der Waals surface area contributed by atoms with Crippen molar-refractivity contribution in [3.63, 3.8) is 0 Å². The van der Waals surface area contributed by atoms with Gasteiger partial charge in [-0.2, -0.15) is 0 Å². The van der Waals surface area contributed by atoms with Gasteiger partial charge < -0.3 is 0 Å². The van der Waals surface area contributed by atoms with Gasteiger partial charge in [0.25, 0.3) is 0 Å². The minimum atomic E-state index is -3.44. The number of halogens is 1. The molecule has 0 fully saturated rings. The maximum atomic E-state index is 12.1. The lowest BCUT2D eigenvalue weighted by molar-refractivity contribution is 0.449. The van der Waals surface area contributed by atoms with E-state index in [1.807, 2.05) is 20.8 Å². The molecular weight excluding hydrogens is 302 g/mol. The molecule has 0 bridgehead atoms. The van der Waals surface area contributed by atoms with Crippen LogP contribution in [0.2, 0.25) is 0 Å². The molecule has 0 saturated carbocycles. The molecule has 0 spiro atoms. The van der Waals surface area contributed by atoms with Crippen molar-refractivity contribution in [3.8, 4) is 0 Å². The fourth-order valence-corrected chi connectivity index (χ4v) is 3.49. The number of sulfonamides is 1. The Balaban J connectivity index is 3.00. The SMILES string of the molecule is CCC(C)(CBr)NS(=O)(=O)c1ccc(C)cc1. The summed E-state index contributed by atoms with van der Waals surface area (Å²) in [5.74, 6) is 0. The highest BCUT2D eigenvalue weighted by atomic mass is 79.9. The summed E-state index contributed by atoms with van der Waals surface area (Å²) in [6.45, 7) is 5.77. The standard InChI is InChI=1S/C12H18BrNO2S/c1-4-12(3,9-13)14-17(15,16)11-7-5-10(2)6-8-11/h5-8,14H,4,9H2,1-3H3. The fourth-order valence-electron chi connectivity index (χ4n) is 1.29. The Morgan fingerprint density at radius 2 is 1.82 bits per heavy atom. The second kappa shape index (κ2) is 5.50. The second-order valence-corrected chi connectivity index (χ2v) is 6.71. The number of hydrogen-bond donors (Lipinski definition) is 1. The zero-order valence-electron chi connectivity index (χ0n) is 10.3. The van der Waals surface area contributed by atoms with Crippen molar-refractivity contribution in [1.29, 1.82) is 0 Å². The number of hydrogen-bond acceptors (Lipinski definition) is 2. The van der Waals surface area contributed by atoms with Crippen LogP contribution < -0.4 is 4.72 Å². The van der Waals surface area contributed by atoms with E-state index in [0.29, 0.717) is 10.2 Å². The quantitative estimate of drug-likeness (QED) is 0.848. The van der Waals surface area contributed by atoms with Gasteiger partial charge in [-0.3, -0.25) is 0 Å². The van der Waals surface area contributed by atoms with E-state index in [4.69, 9.17) is 0 Å². The van der Waals surface area contributed by atoms with Crippen molar-refractivity contribution in [2.75, 3.05) is 5.33 Å². The molecule has 1 rings (SSSR count). The molecule has 96 valence electrons. The molecule has 17 heavy (non-hydrogen) atoms. The summed E-state index contributed by atoms with van der Waals surface area (Å²) in [6, 6.07) is 6.85. The van der Waals surface area contributed by atoms with E-state index in [1.54, 1.807) is 24.3 Å². The van der Waals surface area contributed by atoms with Crippen LogP contribution in [0, 0.1) is 6.92 Å². The molecule has 1 unspecified atom stereocenters. The normalized spacial score (nSPS) is 15.5. The number of benzene rings is 1. The summed E-state index contributed by atoms with van der Waals surface area (Å²) in [4.78, 5) is 0.309. The zero-order chi connectivity index (χ0) is 13.1. The van der Waals surface area contributed by atoms with Crippen molar-refractivity contribution in [1.82, 2.24) is 4.72 Å². The summed E-state index contributed by atoms with van der Waals surface area (Å²) in [6.07, 6.45) is 0.726. The third-order valence-corrected chi connectivity index (χ3v) is 5.68. The Morgan fingerprint density at radius 3 is 2.24 bits per heavy atom. The summed E-state index contributed by atoms with van der Waals surface area (Å²) in [7, 11) is -3.44. The van der Waals surface area contributed by atoms with Gasteiger partial charge in [-0.1, -0.05) is 40.5 Å². The van der Waals surface area contributed by atoms with E-state index in [1.165, 1.54) is 0 Å². The molecular formula is C12H18BrNO2S. The lowest BCUT2D eigenvalue weighted by Gasteiger charge is -2.26. The van der Waals surface area contributed by atoms with Crippen LogP contribution in [-0.4, -0.2) is 19.3 Å². The lowest BCUT2D eigenvalue weighted by Crippen LogP contribution is -2.46. The Hall–Kier alpha value is -0.390. The average Bonchev–Trinajstić information content (AvgIpc) is 2.29. The van der Waals surface area contributed by atoms with Gasteiger partial charge in [-0.05, 0) is 32.4 Å². The van der Waals surface area contributed by atoms with Gasteiger partial charge in [-0.25, -0.2) is 13.1 Å². The van der Waals surface area contributed by atoms with E-state index >= 15 is 0 Å². The van der Waals surface area contributed by atoms with Gasteiger partial charge >= 0.3 is 0 Å². The van der Waals surface area contributed by atoms with Gasteiger partial charge in [0.2, 0.25) is 10.0 Å². The highest BCUT2D eigenvalue weighted by Gasteiger charge is 2.27. The molecule has 0 aliphatic heterocycles. The average molecular weight is 320 g/mol. The number of aryl methyl sites for hydroxylation is 1. The molecule has 0 radical (unpaired) electrons. The molecule has 0 saturated heterocycles. The molecule has 0 amide bonds. The van der Waals surface area contributed by atoms with E-state index in [-0.39, 0.29) is 0 Å². The molecule has 1 aromatic rings. The number of alkyl halides is 1. The van der Waals surface area contributed by atoms with Crippen LogP contribution in [0.5, 0.6) is 0 Å². The van der Waals surface area contributed by atoms with Crippen molar-refractivity contribution < 1.29 is 8.42 Å². The molecule has 1 aromatic carbocycles. The van der Waals surface area contributed by atoms with Crippen LogP contribution in [-0.2, 0) is 10.0 Å². The van der Waals surface area contributed by atoms with Gasteiger partial charge in [-0.15, -0.1) is 0 Å². The van der Waals surface area contributed by atoms with Gasteiger partial charge in [0.15, 0.2) is 0 Å². The van der Waals surface area contributed by atoms with Crippen molar-refractivity contribution in [3.05, 3.63) is 29.8 Å². The van der Waals surface area contributed by atoms with Crippen LogP contribution in [0.4, 0.5) is 0 Å². The highest BCUT2D eigenvalue weighted by molar-refractivity contribution is 9.09. The predicted octanol–water partition coefficient (Wildman–Crippen LogP) is 2.84. The summed E-state index contributed by atoms with van der Waals surface area (Å²) >= 11 is 3.34. The van der Waals surface area contributed by atoms with Crippen LogP contribution in [0.1, 0.15) is 25.8 Å². The topological polar surface area (TPSA) is 46.2 Å². The smallest absolute Gasteiger partial charge is 0.207 e. The Labute approximate surface area is 112 Å². The van der Waals surface area contributed by atoms with Crippen LogP contribution in [0.3, 0.4) is 0 Å². The van der Waals surface area contributed by atoms with Crippen molar-refractivity contribution in [2.24, 2.45) is 0 Å². The summed E-state index contributed by atoms with van der Waals surface area (Å²) in [5.41, 5.74) is 0.590. The van der Waals surface area contributed by atoms with Crippen molar-refractivity contribution >= 4 is 26.0 Å². The Kier molecular flexibility index (Phi) is 4.75. The second-order valence-electron chi connectivity index (χ2n) is 4.47. The van der Waals surface area contributed by atoms with E-state index in [0.717, 1.165) is 12.0 Å². The molecule has 1 N–H and O–H groups in total. The first-order valence-electron chi connectivity index (χ1n) is 5.49. The van der Waals surface area contributed by atoms with Crippen molar-refractivity contribution in [2.45, 2.75) is 37.6 Å². The highest BCUT2D eigenvalue weighted by Crippen LogP contribution is 2.18.